The van der Waals surface area contributed by atoms with E-state index in [0.717, 1.165) is 28.3 Å². The van der Waals surface area contributed by atoms with Gasteiger partial charge in [0.25, 0.3) is 0 Å². The third kappa shape index (κ3) is 1.20. The fourth-order valence-electron chi connectivity index (χ4n) is 2.02. The highest BCUT2D eigenvalue weighted by atomic mass is 15.1. The molecule has 0 radical (unpaired) electrons. The molecule has 3 aromatic heterocycles. The first kappa shape index (κ1) is 9.71. The molecular formula is C11H10N6. The van der Waals surface area contributed by atoms with Gasteiger partial charge in [-0.2, -0.15) is 0 Å². The van der Waals surface area contributed by atoms with Gasteiger partial charge in [0.15, 0.2) is 5.82 Å². The maximum Gasteiger partial charge on any atom is 0.160 e. The number of aromatic amines is 1. The molecule has 0 aliphatic rings. The van der Waals surface area contributed by atoms with Crippen molar-refractivity contribution in [2.45, 2.75) is 0 Å². The molecular weight excluding hydrogens is 216 g/mol. The van der Waals surface area contributed by atoms with E-state index < -0.39 is 0 Å². The number of hydrogen-bond acceptors (Lipinski definition) is 4. The molecule has 0 aromatic carbocycles. The lowest BCUT2D eigenvalue weighted by Gasteiger charge is -1.99. The van der Waals surface area contributed by atoms with Crippen molar-refractivity contribution in [2.75, 3.05) is 0 Å². The van der Waals surface area contributed by atoms with Gasteiger partial charge in [0.05, 0.1) is 11.7 Å². The predicted octanol–water partition coefficient (Wildman–Crippen LogP) is 1.47. The molecule has 6 nitrogen and oxygen atoms in total. The second kappa shape index (κ2) is 3.24. The Balaban J connectivity index is 2.47. The van der Waals surface area contributed by atoms with E-state index in [-0.39, 0.29) is 5.71 Å². The summed E-state index contributed by atoms with van der Waals surface area (Å²) in [7, 11) is 1.84. The number of nitrogens with one attached hydrogen (secondary N) is 3. The minimum atomic E-state index is 0.0902. The normalized spacial score (nSPS) is 11.1. The van der Waals surface area contributed by atoms with Crippen molar-refractivity contribution in [1.82, 2.24) is 19.5 Å². The fourth-order valence-corrected chi connectivity index (χ4v) is 2.02. The zero-order valence-electron chi connectivity index (χ0n) is 9.15. The van der Waals surface area contributed by atoms with E-state index in [2.05, 4.69) is 15.0 Å². The Morgan fingerprint density at radius 3 is 3.12 bits per heavy atom. The fraction of sp³-hybridized carbons (Fsp3) is 0.0909. The number of aromatic nitrogens is 4. The van der Waals surface area contributed by atoms with Crippen molar-refractivity contribution < 1.29 is 0 Å². The molecule has 84 valence electrons. The second-order valence-corrected chi connectivity index (χ2v) is 3.78. The molecule has 17 heavy (non-hydrogen) atoms. The second-order valence-electron chi connectivity index (χ2n) is 3.78. The zero-order valence-corrected chi connectivity index (χ0v) is 9.15. The van der Waals surface area contributed by atoms with Gasteiger partial charge in [0, 0.05) is 24.8 Å². The molecule has 0 unspecified atom stereocenters. The average molecular weight is 226 g/mol. The van der Waals surface area contributed by atoms with Gasteiger partial charge >= 0.3 is 0 Å². The highest BCUT2D eigenvalue weighted by molar-refractivity contribution is 6.35. The van der Waals surface area contributed by atoms with Gasteiger partial charge in [-0.1, -0.05) is 0 Å². The molecule has 0 aliphatic heterocycles. The predicted molar refractivity (Wildman–Crippen MR) is 66.0 cm³/mol. The van der Waals surface area contributed by atoms with E-state index in [0.29, 0.717) is 5.82 Å². The Morgan fingerprint density at radius 2 is 2.35 bits per heavy atom. The van der Waals surface area contributed by atoms with Crippen LogP contribution in [0.4, 0.5) is 0 Å². The Bertz CT molecular complexity index is 748. The maximum atomic E-state index is 7.67. The highest BCUT2D eigenvalue weighted by Crippen LogP contribution is 2.22. The first-order chi connectivity index (χ1) is 8.22. The first-order valence-electron chi connectivity index (χ1n) is 5.10. The van der Waals surface area contributed by atoms with E-state index >= 15 is 0 Å². The molecule has 3 N–H and O–H groups in total. The topological polar surface area (TPSA) is 94.2 Å². The van der Waals surface area contributed by atoms with Gasteiger partial charge < -0.3 is 15.0 Å². The summed E-state index contributed by atoms with van der Waals surface area (Å²) in [5.74, 6) is 0.477. The molecule has 0 atom stereocenters. The summed E-state index contributed by atoms with van der Waals surface area (Å²) in [6.45, 7) is 0. The van der Waals surface area contributed by atoms with E-state index in [1.165, 1.54) is 0 Å². The van der Waals surface area contributed by atoms with Crippen molar-refractivity contribution >= 4 is 34.0 Å². The molecule has 3 heterocycles. The Morgan fingerprint density at radius 1 is 1.53 bits per heavy atom. The van der Waals surface area contributed by atoms with Crippen molar-refractivity contribution in [2.24, 2.45) is 7.05 Å². The number of nitrogens with zero attached hydrogens (tertiary/aromatic N) is 3. The van der Waals surface area contributed by atoms with Gasteiger partial charge in [0.2, 0.25) is 0 Å². The van der Waals surface area contributed by atoms with Crippen LogP contribution in [0.3, 0.4) is 0 Å². The molecule has 6 heteroatoms. The van der Waals surface area contributed by atoms with Crippen molar-refractivity contribution in [3.63, 3.8) is 0 Å². The van der Waals surface area contributed by atoms with Crippen molar-refractivity contribution in [3.05, 3.63) is 24.3 Å². The van der Waals surface area contributed by atoms with Crippen LogP contribution in [0.25, 0.3) is 22.1 Å². The summed E-state index contributed by atoms with van der Waals surface area (Å²) in [5.41, 5.74) is 2.56. The molecule has 3 rings (SSSR count). The molecule has 0 spiro atoms. The van der Waals surface area contributed by atoms with Gasteiger partial charge in [0.1, 0.15) is 16.9 Å². The van der Waals surface area contributed by atoms with Gasteiger partial charge in [-0.05, 0) is 6.07 Å². The van der Waals surface area contributed by atoms with Crippen LogP contribution in [-0.2, 0) is 7.05 Å². The summed E-state index contributed by atoms with van der Waals surface area (Å²) < 4.78 is 1.82. The Kier molecular flexibility index (Phi) is 1.85. The standard InChI is InChI=1S/C11H10N6/c1-17-9-6-2-3-14-10(6)15-5-8(9)16-11(17)7(13)4-12/h2-5,12-13H,1H3,(H,14,15). The number of aryl methyl sites for hydroxylation is 1. The molecule has 0 saturated carbocycles. The molecule has 0 bridgehead atoms. The van der Waals surface area contributed by atoms with E-state index in [1.807, 2.05) is 23.9 Å². The van der Waals surface area contributed by atoms with Crippen LogP contribution in [0, 0.1) is 10.8 Å². The van der Waals surface area contributed by atoms with E-state index in [1.54, 1.807) is 6.20 Å². The number of rotatable bonds is 2. The van der Waals surface area contributed by atoms with Crippen LogP contribution in [0.15, 0.2) is 18.5 Å². The molecule has 0 aliphatic carbocycles. The molecule has 3 aromatic rings. The number of pyridine rings is 1. The maximum absolute atomic E-state index is 7.67. The molecule has 0 amide bonds. The zero-order chi connectivity index (χ0) is 12.0. The lowest BCUT2D eigenvalue weighted by molar-refractivity contribution is 0.933. The lowest BCUT2D eigenvalue weighted by atomic mass is 10.3. The van der Waals surface area contributed by atoms with Gasteiger partial charge in [-0.3, -0.25) is 5.41 Å². The molecule has 0 fully saturated rings. The van der Waals surface area contributed by atoms with Crippen molar-refractivity contribution in [1.29, 1.82) is 10.8 Å². The summed E-state index contributed by atoms with van der Waals surface area (Å²) in [6, 6.07) is 1.93. The van der Waals surface area contributed by atoms with Crippen LogP contribution >= 0.6 is 0 Å². The lowest BCUT2D eigenvalue weighted by Crippen LogP contribution is -2.07. The minimum Gasteiger partial charge on any atom is -0.346 e. The van der Waals surface area contributed by atoms with Crippen LogP contribution in [-0.4, -0.2) is 31.4 Å². The Hall–Kier alpha value is -2.50. The smallest absolute Gasteiger partial charge is 0.160 e. The number of imidazole rings is 1. The largest absolute Gasteiger partial charge is 0.346 e. The number of H-pyrrole nitrogens is 1. The third-order valence-corrected chi connectivity index (χ3v) is 2.80. The van der Waals surface area contributed by atoms with Crippen LogP contribution in [0.5, 0.6) is 0 Å². The summed E-state index contributed by atoms with van der Waals surface area (Å²) in [4.78, 5) is 11.6. The third-order valence-electron chi connectivity index (χ3n) is 2.80. The van der Waals surface area contributed by atoms with Gasteiger partial charge in [-0.15, -0.1) is 0 Å². The Labute approximate surface area is 96.3 Å². The monoisotopic (exact) mass is 226 g/mol. The quantitative estimate of drug-likeness (QED) is 0.577. The van der Waals surface area contributed by atoms with Gasteiger partial charge in [-0.25, -0.2) is 9.97 Å². The van der Waals surface area contributed by atoms with E-state index in [9.17, 15) is 0 Å². The SMILES string of the molecule is Cn1c(C(=N)C=N)nc2cnc3[nH]ccc3c21. The minimum absolute atomic E-state index is 0.0902. The summed E-state index contributed by atoms with van der Waals surface area (Å²) >= 11 is 0. The first-order valence-corrected chi connectivity index (χ1v) is 5.10. The average Bonchev–Trinajstić information content (AvgIpc) is 2.92. The highest BCUT2D eigenvalue weighted by Gasteiger charge is 2.14. The number of hydrogen-bond donors (Lipinski definition) is 3. The molecule has 0 saturated heterocycles. The summed E-state index contributed by atoms with van der Waals surface area (Å²) in [6.07, 6.45) is 4.49. The van der Waals surface area contributed by atoms with Crippen LogP contribution < -0.4 is 0 Å². The number of fused-ring (bicyclic) bond motifs is 3. The van der Waals surface area contributed by atoms with E-state index in [4.69, 9.17) is 10.8 Å². The van der Waals surface area contributed by atoms with Crippen LogP contribution in [0.2, 0.25) is 0 Å². The van der Waals surface area contributed by atoms with Crippen LogP contribution in [0.1, 0.15) is 5.82 Å². The van der Waals surface area contributed by atoms with Crippen molar-refractivity contribution in [3.8, 4) is 0 Å². The summed E-state index contributed by atoms with van der Waals surface area (Å²) in [5, 5.41) is 15.8.